The van der Waals surface area contributed by atoms with Crippen molar-refractivity contribution in [3.63, 3.8) is 0 Å². The molecule has 0 saturated heterocycles. The van der Waals surface area contributed by atoms with E-state index in [4.69, 9.17) is 5.11 Å². The molecule has 0 spiro atoms. The fraction of sp³-hybridized carbons (Fsp3) is 0.333. The minimum atomic E-state index is -0.727. The molecule has 0 aliphatic carbocycles. The molecule has 21 heavy (non-hydrogen) atoms. The van der Waals surface area contributed by atoms with Gasteiger partial charge in [-0.2, -0.15) is 5.10 Å². The molecule has 6 heteroatoms. The normalized spacial score (nSPS) is 12.2. The average molecular weight is 291 g/mol. The van der Waals surface area contributed by atoms with Crippen LogP contribution in [0.25, 0.3) is 0 Å². The first kappa shape index (κ1) is 15.0. The summed E-state index contributed by atoms with van der Waals surface area (Å²) in [7, 11) is 0. The zero-order chi connectivity index (χ0) is 15.6. The summed E-state index contributed by atoms with van der Waals surface area (Å²) in [6.45, 7) is 5.64. The Balaban J connectivity index is 2.03. The number of H-pyrrole nitrogens is 1. The highest BCUT2D eigenvalue weighted by Gasteiger charge is 2.16. The van der Waals surface area contributed by atoms with Gasteiger partial charge in [0.25, 0.3) is 0 Å². The summed E-state index contributed by atoms with van der Waals surface area (Å²) in [5.74, 6) is -1.36. The first-order chi connectivity index (χ1) is 9.88. The number of aromatic hydroxyl groups is 1. The Morgan fingerprint density at radius 2 is 2.19 bits per heavy atom. The quantitative estimate of drug-likeness (QED) is 0.808. The van der Waals surface area contributed by atoms with Gasteiger partial charge in [0.15, 0.2) is 11.6 Å². The van der Waals surface area contributed by atoms with E-state index in [0.29, 0.717) is 5.56 Å². The Morgan fingerprint density at radius 3 is 2.76 bits per heavy atom. The largest absolute Gasteiger partial charge is 0.505 e. The van der Waals surface area contributed by atoms with Crippen LogP contribution in [-0.4, -0.2) is 21.2 Å². The fourth-order valence-electron chi connectivity index (χ4n) is 2.41. The van der Waals surface area contributed by atoms with Crippen LogP contribution in [0.4, 0.5) is 4.39 Å². The van der Waals surface area contributed by atoms with E-state index in [9.17, 15) is 9.18 Å². The molecule has 1 atom stereocenters. The van der Waals surface area contributed by atoms with Crippen molar-refractivity contribution < 1.29 is 14.3 Å². The Hall–Kier alpha value is -2.37. The summed E-state index contributed by atoms with van der Waals surface area (Å²) in [4.78, 5) is 12.0. The van der Waals surface area contributed by atoms with Crippen molar-refractivity contribution in [2.24, 2.45) is 0 Å². The number of phenols is 1. The SMILES string of the molecule is Cc1n[nH]c(C)c1[C@H](C)NC(=O)Cc1ccc(O)c(F)c1. The zero-order valence-electron chi connectivity index (χ0n) is 12.2. The lowest BCUT2D eigenvalue weighted by Crippen LogP contribution is -2.28. The summed E-state index contributed by atoms with van der Waals surface area (Å²) < 4.78 is 13.2. The number of aryl methyl sites for hydroxylation is 2. The van der Waals surface area contributed by atoms with Gasteiger partial charge in [0.2, 0.25) is 5.91 Å². The maximum Gasteiger partial charge on any atom is 0.224 e. The lowest BCUT2D eigenvalue weighted by Gasteiger charge is -2.14. The van der Waals surface area contributed by atoms with Crippen molar-refractivity contribution in [2.75, 3.05) is 0 Å². The summed E-state index contributed by atoms with van der Waals surface area (Å²) in [5.41, 5.74) is 3.22. The van der Waals surface area contributed by atoms with Crippen molar-refractivity contribution in [3.05, 3.63) is 46.5 Å². The average Bonchev–Trinajstić information content (AvgIpc) is 2.73. The van der Waals surface area contributed by atoms with Crippen molar-refractivity contribution >= 4 is 5.91 Å². The van der Waals surface area contributed by atoms with Gasteiger partial charge in [-0.3, -0.25) is 9.89 Å². The highest BCUT2D eigenvalue weighted by molar-refractivity contribution is 5.79. The third kappa shape index (κ3) is 3.39. The van der Waals surface area contributed by atoms with Gasteiger partial charge >= 0.3 is 0 Å². The second kappa shape index (κ2) is 5.95. The van der Waals surface area contributed by atoms with Crippen LogP contribution in [0.15, 0.2) is 18.2 Å². The van der Waals surface area contributed by atoms with Gasteiger partial charge in [-0.1, -0.05) is 6.07 Å². The molecule has 2 rings (SSSR count). The van der Waals surface area contributed by atoms with Crippen molar-refractivity contribution in [1.82, 2.24) is 15.5 Å². The minimum Gasteiger partial charge on any atom is -0.505 e. The third-order valence-corrected chi connectivity index (χ3v) is 3.37. The van der Waals surface area contributed by atoms with Gasteiger partial charge in [-0.15, -0.1) is 0 Å². The van der Waals surface area contributed by atoms with E-state index in [1.807, 2.05) is 20.8 Å². The summed E-state index contributed by atoms with van der Waals surface area (Å²) in [6, 6.07) is 3.75. The number of hydrogen-bond acceptors (Lipinski definition) is 3. The summed E-state index contributed by atoms with van der Waals surface area (Å²) >= 11 is 0. The predicted octanol–water partition coefficient (Wildman–Crippen LogP) is 2.29. The number of carbonyl (C=O) groups excluding carboxylic acids is 1. The zero-order valence-corrected chi connectivity index (χ0v) is 12.2. The maximum absolute atomic E-state index is 13.2. The monoisotopic (exact) mass is 291 g/mol. The number of benzene rings is 1. The molecule has 2 aromatic rings. The Morgan fingerprint density at radius 1 is 1.48 bits per heavy atom. The minimum absolute atomic E-state index is 0.0531. The van der Waals surface area contributed by atoms with E-state index >= 15 is 0 Å². The molecule has 1 aromatic heterocycles. The molecule has 0 bridgehead atoms. The second-order valence-corrected chi connectivity index (χ2v) is 5.10. The van der Waals surface area contributed by atoms with Crippen molar-refractivity contribution in [2.45, 2.75) is 33.2 Å². The van der Waals surface area contributed by atoms with E-state index < -0.39 is 11.6 Å². The standard InChI is InChI=1S/C15H18FN3O2/c1-8(15-9(2)18-19-10(15)3)17-14(21)7-11-4-5-13(20)12(16)6-11/h4-6,8,20H,7H2,1-3H3,(H,17,21)(H,18,19)/t8-/m0/s1. The number of aromatic amines is 1. The highest BCUT2D eigenvalue weighted by atomic mass is 19.1. The van der Waals surface area contributed by atoms with Gasteiger partial charge in [-0.25, -0.2) is 4.39 Å². The molecule has 0 radical (unpaired) electrons. The molecule has 1 aromatic carbocycles. The molecule has 3 N–H and O–H groups in total. The molecule has 1 heterocycles. The topological polar surface area (TPSA) is 78.0 Å². The number of nitrogens with one attached hydrogen (secondary N) is 2. The number of rotatable bonds is 4. The number of carbonyl (C=O) groups is 1. The van der Waals surface area contributed by atoms with Crippen LogP contribution >= 0.6 is 0 Å². The number of phenolic OH excluding ortho intramolecular Hbond substituents is 1. The number of hydrogen-bond donors (Lipinski definition) is 3. The Labute approximate surface area is 122 Å². The van der Waals surface area contributed by atoms with Crippen LogP contribution in [-0.2, 0) is 11.2 Å². The third-order valence-electron chi connectivity index (χ3n) is 3.37. The maximum atomic E-state index is 13.2. The van der Waals surface area contributed by atoms with Crippen molar-refractivity contribution in [1.29, 1.82) is 0 Å². The lowest BCUT2D eigenvalue weighted by molar-refractivity contribution is -0.121. The van der Waals surface area contributed by atoms with E-state index in [0.717, 1.165) is 23.0 Å². The van der Waals surface area contributed by atoms with E-state index in [1.165, 1.54) is 12.1 Å². The summed E-state index contributed by atoms with van der Waals surface area (Å²) in [5, 5.41) is 19.0. The van der Waals surface area contributed by atoms with Gasteiger partial charge in [0, 0.05) is 11.3 Å². The molecular weight excluding hydrogens is 273 g/mol. The first-order valence-electron chi connectivity index (χ1n) is 6.66. The van der Waals surface area contributed by atoms with Crippen LogP contribution in [0.5, 0.6) is 5.75 Å². The summed E-state index contributed by atoms with van der Waals surface area (Å²) in [6.07, 6.45) is 0.0531. The number of nitrogens with zero attached hydrogens (tertiary/aromatic N) is 1. The molecule has 0 saturated carbocycles. The van der Waals surface area contributed by atoms with Crippen LogP contribution < -0.4 is 5.32 Å². The molecule has 1 amide bonds. The Bertz CT molecular complexity index is 647. The highest BCUT2D eigenvalue weighted by Crippen LogP contribution is 2.20. The van der Waals surface area contributed by atoms with Crippen LogP contribution in [0, 0.1) is 19.7 Å². The first-order valence-corrected chi connectivity index (χ1v) is 6.66. The van der Waals surface area contributed by atoms with Gasteiger partial charge in [-0.05, 0) is 38.5 Å². The molecule has 5 nitrogen and oxygen atoms in total. The van der Waals surface area contributed by atoms with E-state index in [-0.39, 0.29) is 18.4 Å². The van der Waals surface area contributed by atoms with E-state index in [2.05, 4.69) is 15.5 Å². The van der Waals surface area contributed by atoms with E-state index in [1.54, 1.807) is 0 Å². The van der Waals surface area contributed by atoms with Crippen LogP contribution in [0.2, 0.25) is 0 Å². The molecule has 0 aliphatic rings. The van der Waals surface area contributed by atoms with Gasteiger partial charge < -0.3 is 10.4 Å². The number of halogens is 1. The van der Waals surface area contributed by atoms with Crippen LogP contribution in [0.1, 0.15) is 35.5 Å². The second-order valence-electron chi connectivity index (χ2n) is 5.10. The smallest absolute Gasteiger partial charge is 0.224 e. The number of amides is 1. The fourth-order valence-corrected chi connectivity index (χ4v) is 2.41. The Kier molecular flexibility index (Phi) is 4.26. The van der Waals surface area contributed by atoms with Crippen molar-refractivity contribution in [3.8, 4) is 5.75 Å². The molecule has 112 valence electrons. The number of aromatic nitrogens is 2. The van der Waals surface area contributed by atoms with Crippen LogP contribution in [0.3, 0.4) is 0 Å². The van der Waals surface area contributed by atoms with Gasteiger partial charge in [0.05, 0.1) is 18.2 Å². The van der Waals surface area contributed by atoms with Gasteiger partial charge in [0.1, 0.15) is 0 Å². The molecule has 0 aliphatic heterocycles. The lowest BCUT2D eigenvalue weighted by atomic mass is 10.1. The predicted molar refractivity (Wildman–Crippen MR) is 76.4 cm³/mol. The molecular formula is C15H18FN3O2. The molecule has 0 fully saturated rings. The molecule has 0 unspecified atom stereocenters.